The van der Waals surface area contributed by atoms with Gasteiger partial charge in [0, 0.05) is 25.3 Å². The van der Waals surface area contributed by atoms with E-state index in [0.717, 1.165) is 37.6 Å². The number of nitrogens with zero attached hydrogens (tertiary/aromatic N) is 1. The van der Waals surface area contributed by atoms with Crippen molar-refractivity contribution in [2.45, 2.75) is 6.54 Å². The predicted molar refractivity (Wildman–Crippen MR) is 92.1 cm³/mol. The minimum Gasteiger partial charge on any atom is -0.378 e. The first-order valence-corrected chi connectivity index (χ1v) is 8.07. The number of hydrogen-bond acceptors (Lipinski definition) is 3. The molecule has 0 radical (unpaired) electrons. The van der Waals surface area contributed by atoms with Crippen molar-refractivity contribution in [3.05, 3.63) is 64.7 Å². The number of para-hydroxylation sites is 1. The van der Waals surface area contributed by atoms with Gasteiger partial charge in [-0.05, 0) is 23.8 Å². The van der Waals surface area contributed by atoms with Crippen molar-refractivity contribution in [3.8, 4) is 0 Å². The quantitative estimate of drug-likeness (QED) is 0.936. The third-order valence-corrected chi connectivity index (χ3v) is 4.23. The van der Waals surface area contributed by atoms with Crippen LogP contribution in [0.5, 0.6) is 0 Å². The van der Waals surface area contributed by atoms with Crippen molar-refractivity contribution in [3.63, 3.8) is 0 Å². The highest BCUT2D eigenvalue weighted by Gasteiger charge is 2.15. The van der Waals surface area contributed by atoms with Crippen molar-refractivity contribution >= 4 is 23.2 Å². The van der Waals surface area contributed by atoms with Gasteiger partial charge in [0.05, 0.1) is 23.8 Å². The molecule has 1 aliphatic rings. The van der Waals surface area contributed by atoms with Crippen LogP contribution in [0.1, 0.15) is 15.9 Å². The van der Waals surface area contributed by atoms with Gasteiger partial charge in [-0.25, -0.2) is 0 Å². The maximum atomic E-state index is 12.3. The Morgan fingerprint density at radius 2 is 1.78 bits per heavy atom. The number of amides is 1. The molecular formula is C18H19ClN2O2. The van der Waals surface area contributed by atoms with E-state index in [1.165, 1.54) is 0 Å². The van der Waals surface area contributed by atoms with E-state index in [-0.39, 0.29) is 5.91 Å². The number of rotatable bonds is 4. The largest absolute Gasteiger partial charge is 0.378 e. The molecule has 3 rings (SSSR count). The summed E-state index contributed by atoms with van der Waals surface area (Å²) in [6.07, 6.45) is 0. The highest BCUT2D eigenvalue weighted by Crippen LogP contribution is 2.22. The molecule has 0 bridgehead atoms. The monoisotopic (exact) mass is 330 g/mol. The van der Waals surface area contributed by atoms with Gasteiger partial charge in [0.25, 0.3) is 5.91 Å². The number of halogens is 1. The molecule has 1 fully saturated rings. The van der Waals surface area contributed by atoms with Crippen LogP contribution in [0, 0.1) is 0 Å². The summed E-state index contributed by atoms with van der Waals surface area (Å²) in [7, 11) is 0. The number of nitrogens with one attached hydrogen (secondary N) is 1. The Hall–Kier alpha value is -2.04. The van der Waals surface area contributed by atoms with E-state index in [9.17, 15) is 4.79 Å². The number of ether oxygens (including phenoxy) is 1. The first kappa shape index (κ1) is 15.8. The van der Waals surface area contributed by atoms with Crippen LogP contribution < -0.4 is 10.2 Å². The summed E-state index contributed by atoms with van der Waals surface area (Å²) >= 11 is 6.07. The lowest BCUT2D eigenvalue weighted by Gasteiger charge is -2.30. The second-order valence-electron chi connectivity index (χ2n) is 5.39. The molecule has 1 N–H and O–H groups in total. The topological polar surface area (TPSA) is 41.6 Å². The predicted octanol–water partition coefficient (Wildman–Crippen LogP) is 3.11. The molecule has 2 aromatic carbocycles. The number of carbonyl (C=O) groups excluding carboxylic acids is 1. The highest BCUT2D eigenvalue weighted by atomic mass is 35.5. The smallest absolute Gasteiger partial charge is 0.253 e. The number of hydrogen-bond donors (Lipinski definition) is 1. The average Bonchev–Trinajstić information content (AvgIpc) is 2.61. The highest BCUT2D eigenvalue weighted by molar-refractivity contribution is 6.33. The summed E-state index contributed by atoms with van der Waals surface area (Å²) < 4.78 is 5.40. The Bertz CT molecular complexity index is 684. The minimum atomic E-state index is -0.160. The second-order valence-corrected chi connectivity index (χ2v) is 5.80. The molecule has 1 aliphatic heterocycles. The zero-order chi connectivity index (χ0) is 16.1. The third-order valence-electron chi connectivity index (χ3n) is 3.90. The lowest BCUT2D eigenvalue weighted by Crippen LogP contribution is -2.37. The second kappa shape index (κ2) is 7.49. The minimum absolute atomic E-state index is 0.160. The summed E-state index contributed by atoms with van der Waals surface area (Å²) in [6.45, 7) is 3.68. The molecule has 120 valence electrons. The Balaban J connectivity index is 1.71. The number of anilines is 1. The van der Waals surface area contributed by atoms with E-state index in [0.29, 0.717) is 17.1 Å². The van der Waals surface area contributed by atoms with Gasteiger partial charge < -0.3 is 15.0 Å². The molecule has 0 spiro atoms. The van der Waals surface area contributed by atoms with Gasteiger partial charge >= 0.3 is 0 Å². The maximum Gasteiger partial charge on any atom is 0.253 e. The lowest BCUT2D eigenvalue weighted by molar-refractivity contribution is 0.0951. The van der Waals surface area contributed by atoms with Crippen molar-refractivity contribution < 1.29 is 9.53 Å². The molecule has 4 nitrogen and oxygen atoms in total. The standard InChI is InChI=1S/C18H19ClN2O2/c19-16-7-3-2-6-15(16)18(22)20-13-14-5-1-4-8-17(14)21-9-11-23-12-10-21/h1-8H,9-13H2,(H,20,22). The molecule has 5 heteroatoms. The van der Waals surface area contributed by atoms with E-state index >= 15 is 0 Å². The van der Waals surface area contributed by atoms with Crippen LogP contribution in [0.15, 0.2) is 48.5 Å². The van der Waals surface area contributed by atoms with Crippen molar-refractivity contribution in [1.82, 2.24) is 5.32 Å². The third kappa shape index (κ3) is 3.84. The van der Waals surface area contributed by atoms with E-state index in [1.54, 1.807) is 12.1 Å². The fraction of sp³-hybridized carbons (Fsp3) is 0.278. The molecular weight excluding hydrogens is 312 g/mol. The van der Waals surface area contributed by atoms with Gasteiger partial charge in [-0.1, -0.05) is 41.9 Å². The molecule has 0 unspecified atom stereocenters. The van der Waals surface area contributed by atoms with E-state index in [4.69, 9.17) is 16.3 Å². The fourth-order valence-corrected chi connectivity index (χ4v) is 2.91. The van der Waals surface area contributed by atoms with Crippen LogP contribution in [0.3, 0.4) is 0 Å². The van der Waals surface area contributed by atoms with Gasteiger partial charge in [0.1, 0.15) is 0 Å². The summed E-state index contributed by atoms with van der Waals surface area (Å²) in [4.78, 5) is 14.6. The molecule has 23 heavy (non-hydrogen) atoms. The van der Waals surface area contributed by atoms with Gasteiger partial charge in [-0.3, -0.25) is 4.79 Å². The molecule has 0 atom stereocenters. The SMILES string of the molecule is O=C(NCc1ccccc1N1CCOCC1)c1ccccc1Cl. The maximum absolute atomic E-state index is 12.3. The Labute approximate surface area is 141 Å². The van der Waals surface area contributed by atoms with Crippen molar-refractivity contribution in [2.24, 2.45) is 0 Å². The Morgan fingerprint density at radius 1 is 1.09 bits per heavy atom. The Morgan fingerprint density at radius 3 is 2.57 bits per heavy atom. The zero-order valence-corrected chi connectivity index (χ0v) is 13.6. The molecule has 0 aromatic heterocycles. The molecule has 0 aliphatic carbocycles. The van der Waals surface area contributed by atoms with Crippen LogP contribution in [0.4, 0.5) is 5.69 Å². The molecule has 0 saturated carbocycles. The van der Waals surface area contributed by atoms with Crippen LogP contribution >= 0.6 is 11.6 Å². The van der Waals surface area contributed by atoms with Crippen LogP contribution in [-0.4, -0.2) is 32.2 Å². The number of benzene rings is 2. The molecule has 2 aromatic rings. The summed E-state index contributed by atoms with van der Waals surface area (Å²) in [5.41, 5.74) is 2.74. The van der Waals surface area contributed by atoms with Crippen LogP contribution in [0.2, 0.25) is 5.02 Å². The van der Waals surface area contributed by atoms with Gasteiger partial charge in [-0.2, -0.15) is 0 Å². The van der Waals surface area contributed by atoms with Gasteiger partial charge in [-0.15, -0.1) is 0 Å². The van der Waals surface area contributed by atoms with Gasteiger partial charge in [0.15, 0.2) is 0 Å². The Kier molecular flexibility index (Phi) is 5.16. The first-order valence-electron chi connectivity index (χ1n) is 7.69. The first-order chi connectivity index (χ1) is 11.3. The van der Waals surface area contributed by atoms with Crippen molar-refractivity contribution in [1.29, 1.82) is 0 Å². The van der Waals surface area contributed by atoms with Crippen LogP contribution in [0.25, 0.3) is 0 Å². The van der Waals surface area contributed by atoms with E-state index < -0.39 is 0 Å². The fourth-order valence-electron chi connectivity index (χ4n) is 2.69. The van der Waals surface area contributed by atoms with E-state index in [1.807, 2.05) is 30.3 Å². The summed E-state index contributed by atoms with van der Waals surface area (Å²) in [6, 6.07) is 15.2. The molecule has 1 heterocycles. The molecule has 1 amide bonds. The average molecular weight is 331 g/mol. The number of morpholine rings is 1. The lowest BCUT2D eigenvalue weighted by atomic mass is 10.1. The summed E-state index contributed by atoms with van der Waals surface area (Å²) in [5, 5.41) is 3.42. The van der Waals surface area contributed by atoms with E-state index in [2.05, 4.69) is 16.3 Å². The van der Waals surface area contributed by atoms with Crippen LogP contribution in [-0.2, 0) is 11.3 Å². The van der Waals surface area contributed by atoms with Gasteiger partial charge in [0.2, 0.25) is 0 Å². The molecule has 1 saturated heterocycles. The number of carbonyl (C=O) groups is 1. The zero-order valence-electron chi connectivity index (χ0n) is 12.8. The normalized spacial score (nSPS) is 14.6. The van der Waals surface area contributed by atoms with Crippen molar-refractivity contribution in [2.75, 3.05) is 31.2 Å². The summed E-state index contributed by atoms with van der Waals surface area (Å²) in [5.74, 6) is -0.160.